The number of nitrogens with zero attached hydrogens (tertiary/aromatic N) is 1. The van der Waals surface area contributed by atoms with E-state index >= 15 is 0 Å². The minimum Gasteiger partial charge on any atom is -0.411 e. The number of hydrogen-bond donors (Lipinski definition) is 2. The van der Waals surface area contributed by atoms with Crippen molar-refractivity contribution < 1.29 is 10.3 Å². The van der Waals surface area contributed by atoms with Gasteiger partial charge in [-0.1, -0.05) is 65.8 Å². The molecule has 0 saturated heterocycles. The van der Waals surface area contributed by atoms with E-state index in [4.69, 9.17) is 5.21 Å². The van der Waals surface area contributed by atoms with E-state index in [-0.39, 0.29) is 0 Å². The van der Waals surface area contributed by atoms with Gasteiger partial charge >= 0.3 is 0 Å². The van der Waals surface area contributed by atoms with Crippen molar-refractivity contribution in [2.24, 2.45) is 5.16 Å². The molecule has 0 aliphatic carbocycles. The number of aliphatic hydroxyl groups is 1. The van der Waals surface area contributed by atoms with Gasteiger partial charge in [0.05, 0.1) is 6.21 Å². The molecule has 2 rings (SSSR count). The molecule has 17 heavy (non-hydrogen) atoms. The summed E-state index contributed by atoms with van der Waals surface area (Å²) in [6.07, 6.45) is 1.12. The largest absolute Gasteiger partial charge is 0.411 e. The third-order valence-electron chi connectivity index (χ3n) is 2.67. The summed E-state index contributed by atoms with van der Waals surface area (Å²) in [6.45, 7) is 0. The molecule has 2 aromatic carbocycles. The second-order valence-corrected chi connectivity index (χ2v) is 3.74. The van der Waals surface area contributed by atoms with Gasteiger partial charge in [-0.2, -0.15) is 0 Å². The lowest BCUT2D eigenvalue weighted by Gasteiger charge is -2.24. The maximum absolute atomic E-state index is 10.6. The minimum atomic E-state index is -1.41. The zero-order valence-corrected chi connectivity index (χ0v) is 9.19. The zero-order chi connectivity index (χ0) is 12.1. The summed E-state index contributed by atoms with van der Waals surface area (Å²) in [5, 5.41) is 22.4. The lowest BCUT2D eigenvalue weighted by molar-refractivity contribution is 0.156. The van der Waals surface area contributed by atoms with E-state index in [0.29, 0.717) is 11.1 Å². The topological polar surface area (TPSA) is 52.8 Å². The van der Waals surface area contributed by atoms with Crippen LogP contribution in [0.25, 0.3) is 0 Å². The van der Waals surface area contributed by atoms with Gasteiger partial charge in [-0.25, -0.2) is 0 Å². The van der Waals surface area contributed by atoms with Crippen LogP contribution in [-0.4, -0.2) is 16.5 Å². The highest BCUT2D eigenvalue weighted by Gasteiger charge is 2.29. The average Bonchev–Trinajstić information content (AvgIpc) is 2.41. The molecular weight excluding hydrogens is 214 g/mol. The van der Waals surface area contributed by atoms with Crippen LogP contribution in [-0.2, 0) is 5.60 Å². The summed E-state index contributed by atoms with van der Waals surface area (Å²) in [7, 11) is 0. The first kappa shape index (κ1) is 11.4. The van der Waals surface area contributed by atoms with Crippen LogP contribution in [0.5, 0.6) is 0 Å². The summed E-state index contributed by atoms with van der Waals surface area (Å²) in [5.41, 5.74) is -0.0925. The fraction of sp³-hybridized carbons (Fsp3) is 0.0714. The summed E-state index contributed by atoms with van der Waals surface area (Å²) in [4.78, 5) is 0. The molecule has 2 aromatic rings. The molecule has 3 heteroatoms. The van der Waals surface area contributed by atoms with E-state index in [9.17, 15) is 5.11 Å². The summed E-state index contributed by atoms with van der Waals surface area (Å²) in [6, 6.07) is 18.2. The normalized spacial score (nSPS) is 11.8. The Morgan fingerprint density at radius 1 is 0.824 bits per heavy atom. The van der Waals surface area contributed by atoms with Gasteiger partial charge < -0.3 is 10.3 Å². The average molecular weight is 227 g/mol. The van der Waals surface area contributed by atoms with Crippen LogP contribution < -0.4 is 0 Å². The van der Waals surface area contributed by atoms with Crippen LogP contribution >= 0.6 is 0 Å². The van der Waals surface area contributed by atoms with E-state index in [2.05, 4.69) is 5.16 Å². The second-order valence-electron chi connectivity index (χ2n) is 3.74. The Balaban J connectivity index is 2.55. The summed E-state index contributed by atoms with van der Waals surface area (Å²) >= 11 is 0. The Bertz CT molecular complexity index is 455. The number of hydrogen-bond acceptors (Lipinski definition) is 3. The first-order chi connectivity index (χ1) is 8.27. The van der Waals surface area contributed by atoms with Crippen molar-refractivity contribution >= 4 is 6.21 Å². The van der Waals surface area contributed by atoms with Gasteiger partial charge in [-0.15, -0.1) is 0 Å². The van der Waals surface area contributed by atoms with Crippen molar-refractivity contribution in [3.63, 3.8) is 0 Å². The minimum absolute atomic E-state index is 0.656. The molecule has 0 unspecified atom stereocenters. The van der Waals surface area contributed by atoms with E-state index in [1.54, 1.807) is 24.3 Å². The Morgan fingerprint density at radius 3 is 1.59 bits per heavy atom. The van der Waals surface area contributed by atoms with E-state index < -0.39 is 5.60 Å². The van der Waals surface area contributed by atoms with Gasteiger partial charge in [0.2, 0.25) is 0 Å². The highest BCUT2D eigenvalue weighted by atomic mass is 16.4. The summed E-state index contributed by atoms with van der Waals surface area (Å²) in [5.74, 6) is 0. The van der Waals surface area contributed by atoms with Crippen LogP contribution in [0.2, 0.25) is 0 Å². The molecule has 0 aromatic heterocycles. The van der Waals surface area contributed by atoms with Crippen LogP contribution in [0.1, 0.15) is 11.1 Å². The van der Waals surface area contributed by atoms with Crippen LogP contribution in [0, 0.1) is 0 Å². The molecule has 0 spiro atoms. The molecule has 0 heterocycles. The van der Waals surface area contributed by atoms with Crippen molar-refractivity contribution in [2.75, 3.05) is 0 Å². The third-order valence-corrected chi connectivity index (χ3v) is 2.67. The Morgan fingerprint density at radius 2 is 1.24 bits per heavy atom. The Kier molecular flexibility index (Phi) is 3.21. The van der Waals surface area contributed by atoms with Crippen LogP contribution in [0.3, 0.4) is 0 Å². The predicted octanol–water partition coefficient (Wildman–Crippen LogP) is 2.38. The molecule has 0 radical (unpaired) electrons. The molecule has 0 aliphatic rings. The van der Waals surface area contributed by atoms with E-state index in [1.807, 2.05) is 36.4 Å². The number of benzene rings is 2. The van der Waals surface area contributed by atoms with Gasteiger partial charge in [0.25, 0.3) is 0 Å². The molecule has 0 amide bonds. The lowest BCUT2D eigenvalue weighted by Crippen LogP contribution is -2.29. The lowest BCUT2D eigenvalue weighted by atomic mass is 9.87. The monoisotopic (exact) mass is 227 g/mol. The smallest absolute Gasteiger partial charge is 0.153 e. The third kappa shape index (κ3) is 2.19. The highest BCUT2D eigenvalue weighted by Crippen LogP contribution is 2.27. The summed E-state index contributed by atoms with van der Waals surface area (Å²) < 4.78 is 0. The quantitative estimate of drug-likeness (QED) is 0.480. The standard InChI is InChI=1S/C14H13NO2/c16-14(11-15-17,12-7-3-1-4-8-12)13-9-5-2-6-10-13/h1-11,16-17H/b15-11+. The molecule has 2 N–H and O–H groups in total. The Hall–Kier alpha value is -2.13. The van der Waals surface area contributed by atoms with Crippen molar-refractivity contribution in [2.45, 2.75) is 5.60 Å². The van der Waals surface area contributed by atoms with Crippen molar-refractivity contribution in [3.05, 3.63) is 71.8 Å². The van der Waals surface area contributed by atoms with E-state index in [0.717, 1.165) is 6.21 Å². The van der Waals surface area contributed by atoms with Gasteiger partial charge in [-0.05, 0) is 11.1 Å². The SMILES string of the molecule is O/N=C/C(O)(c1ccccc1)c1ccccc1. The van der Waals surface area contributed by atoms with Gasteiger partial charge in [0.1, 0.15) is 0 Å². The maximum atomic E-state index is 10.6. The van der Waals surface area contributed by atoms with Gasteiger partial charge in [-0.3, -0.25) is 0 Å². The molecule has 0 atom stereocenters. The second kappa shape index (κ2) is 4.80. The molecule has 0 fully saturated rings. The molecule has 0 bridgehead atoms. The molecule has 3 nitrogen and oxygen atoms in total. The first-order valence-corrected chi connectivity index (χ1v) is 5.29. The fourth-order valence-corrected chi connectivity index (χ4v) is 1.78. The molecule has 0 aliphatic heterocycles. The Labute approximate surface area is 99.7 Å². The zero-order valence-electron chi connectivity index (χ0n) is 9.19. The molecular formula is C14H13NO2. The van der Waals surface area contributed by atoms with Gasteiger partial charge in [0.15, 0.2) is 5.60 Å². The highest BCUT2D eigenvalue weighted by molar-refractivity contribution is 5.76. The van der Waals surface area contributed by atoms with Crippen molar-refractivity contribution in [1.29, 1.82) is 0 Å². The van der Waals surface area contributed by atoms with E-state index in [1.165, 1.54) is 0 Å². The molecule has 0 saturated carbocycles. The first-order valence-electron chi connectivity index (χ1n) is 5.29. The predicted molar refractivity (Wildman–Crippen MR) is 66.2 cm³/mol. The maximum Gasteiger partial charge on any atom is 0.153 e. The van der Waals surface area contributed by atoms with Crippen LogP contribution in [0.4, 0.5) is 0 Å². The number of oxime groups is 1. The fourth-order valence-electron chi connectivity index (χ4n) is 1.78. The van der Waals surface area contributed by atoms with Crippen molar-refractivity contribution in [3.8, 4) is 0 Å². The number of rotatable bonds is 3. The van der Waals surface area contributed by atoms with Crippen molar-refractivity contribution in [1.82, 2.24) is 0 Å². The molecule has 86 valence electrons. The van der Waals surface area contributed by atoms with Crippen LogP contribution in [0.15, 0.2) is 65.8 Å². The van der Waals surface area contributed by atoms with Gasteiger partial charge in [0, 0.05) is 0 Å².